The third-order valence-corrected chi connectivity index (χ3v) is 3.78. The summed E-state index contributed by atoms with van der Waals surface area (Å²) in [6, 6.07) is 4.49. The second-order valence-electron chi connectivity index (χ2n) is 4.73. The van der Waals surface area contributed by atoms with E-state index in [-0.39, 0.29) is 17.5 Å². The summed E-state index contributed by atoms with van der Waals surface area (Å²) >= 11 is 3.31. The summed E-state index contributed by atoms with van der Waals surface area (Å²) in [4.78, 5) is 14.2. The van der Waals surface area contributed by atoms with Crippen molar-refractivity contribution < 1.29 is 18.0 Å². The van der Waals surface area contributed by atoms with Crippen LogP contribution in [0.2, 0.25) is 0 Å². The lowest BCUT2D eigenvalue weighted by Gasteiger charge is -2.30. The maximum Gasteiger partial charge on any atom is 0.416 e. The molecule has 0 saturated heterocycles. The summed E-state index contributed by atoms with van der Waals surface area (Å²) < 4.78 is 37.6. The number of hydrogen-bond donors (Lipinski definition) is 0. The van der Waals surface area contributed by atoms with Gasteiger partial charge in [0, 0.05) is 23.5 Å². The van der Waals surface area contributed by atoms with E-state index < -0.39 is 11.7 Å². The van der Waals surface area contributed by atoms with Crippen molar-refractivity contribution in [3.8, 4) is 0 Å². The Morgan fingerprint density at radius 3 is 2.10 bits per heavy atom. The molecular formula is C15H19BrF3NO. The van der Waals surface area contributed by atoms with Gasteiger partial charge in [-0.25, -0.2) is 0 Å². The van der Waals surface area contributed by atoms with Gasteiger partial charge in [-0.05, 0) is 37.1 Å². The van der Waals surface area contributed by atoms with E-state index in [9.17, 15) is 18.0 Å². The number of amides is 1. The molecule has 6 heteroatoms. The highest BCUT2D eigenvalue weighted by atomic mass is 79.9. The van der Waals surface area contributed by atoms with Crippen LogP contribution in [0.4, 0.5) is 13.2 Å². The van der Waals surface area contributed by atoms with Crippen molar-refractivity contribution in [1.82, 2.24) is 4.90 Å². The highest BCUT2D eigenvalue weighted by Crippen LogP contribution is 2.29. The van der Waals surface area contributed by atoms with Crippen molar-refractivity contribution in [2.75, 3.05) is 11.9 Å². The highest BCUT2D eigenvalue weighted by molar-refractivity contribution is 9.09. The molecule has 118 valence electrons. The Morgan fingerprint density at radius 1 is 1.19 bits per heavy atom. The summed E-state index contributed by atoms with van der Waals surface area (Å²) in [5, 5.41) is 0.635. The molecule has 0 fully saturated rings. The Kier molecular flexibility index (Phi) is 6.71. The first kappa shape index (κ1) is 18.0. The molecule has 1 rings (SSSR count). The van der Waals surface area contributed by atoms with Gasteiger partial charge < -0.3 is 4.90 Å². The maximum atomic E-state index is 12.5. The van der Waals surface area contributed by atoms with Crippen LogP contribution in [0.3, 0.4) is 0 Å². The highest BCUT2D eigenvalue weighted by Gasteiger charge is 2.30. The number of carbonyl (C=O) groups is 1. The van der Waals surface area contributed by atoms with Gasteiger partial charge in [0.05, 0.1) is 5.56 Å². The van der Waals surface area contributed by atoms with Crippen molar-refractivity contribution in [1.29, 1.82) is 0 Å². The second kappa shape index (κ2) is 7.82. The molecule has 1 aromatic carbocycles. The SMILES string of the molecule is CCC(CC)N(CCBr)C(=O)c1ccc(C(F)(F)F)cc1. The minimum absolute atomic E-state index is 0.0948. The number of benzene rings is 1. The Morgan fingerprint density at radius 2 is 1.71 bits per heavy atom. The molecule has 1 aromatic rings. The minimum atomic E-state index is -4.38. The van der Waals surface area contributed by atoms with Crippen LogP contribution >= 0.6 is 15.9 Å². The summed E-state index contributed by atoms with van der Waals surface area (Å²) in [5.41, 5.74) is -0.454. The van der Waals surface area contributed by atoms with Crippen LogP contribution in [0.15, 0.2) is 24.3 Å². The summed E-state index contributed by atoms with van der Waals surface area (Å²) in [5.74, 6) is -0.225. The molecule has 0 aliphatic rings. The number of carbonyl (C=O) groups excluding carboxylic acids is 1. The monoisotopic (exact) mass is 365 g/mol. The van der Waals surface area contributed by atoms with Gasteiger partial charge in [-0.1, -0.05) is 29.8 Å². The summed E-state index contributed by atoms with van der Waals surface area (Å²) in [7, 11) is 0. The van der Waals surface area contributed by atoms with E-state index in [4.69, 9.17) is 0 Å². The van der Waals surface area contributed by atoms with Crippen LogP contribution < -0.4 is 0 Å². The molecule has 2 nitrogen and oxygen atoms in total. The molecule has 0 aromatic heterocycles. The van der Waals surface area contributed by atoms with Crippen LogP contribution in [0.1, 0.15) is 42.6 Å². The van der Waals surface area contributed by atoms with Crippen LogP contribution in [0.5, 0.6) is 0 Å². The van der Waals surface area contributed by atoms with Gasteiger partial charge in [-0.2, -0.15) is 13.2 Å². The van der Waals surface area contributed by atoms with Gasteiger partial charge in [0.15, 0.2) is 0 Å². The van der Waals surface area contributed by atoms with Gasteiger partial charge in [0.2, 0.25) is 0 Å². The number of alkyl halides is 4. The lowest BCUT2D eigenvalue weighted by Crippen LogP contribution is -2.41. The number of nitrogens with zero attached hydrogens (tertiary/aromatic N) is 1. The van der Waals surface area contributed by atoms with E-state index in [1.165, 1.54) is 12.1 Å². The quantitative estimate of drug-likeness (QED) is 0.667. The van der Waals surface area contributed by atoms with Crippen molar-refractivity contribution in [3.05, 3.63) is 35.4 Å². The molecule has 1 amide bonds. The van der Waals surface area contributed by atoms with E-state index in [2.05, 4.69) is 15.9 Å². The van der Waals surface area contributed by atoms with Gasteiger partial charge in [-0.15, -0.1) is 0 Å². The van der Waals surface area contributed by atoms with E-state index >= 15 is 0 Å². The van der Waals surface area contributed by atoms with E-state index in [0.29, 0.717) is 11.9 Å². The molecule has 0 aliphatic carbocycles. The Bertz CT molecular complexity index is 455. The number of hydrogen-bond acceptors (Lipinski definition) is 1. The molecule has 0 heterocycles. The average molecular weight is 366 g/mol. The predicted molar refractivity (Wildman–Crippen MR) is 80.6 cm³/mol. The van der Waals surface area contributed by atoms with E-state index in [1.54, 1.807) is 4.90 Å². The third kappa shape index (κ3) is 4.73. The number of halogens is 4. The van der Waals surface area contributed by atoms with Gasteiger partial charge in [-0.3, -0.25) is 4.79 Å². The van der Waals surface area contributed by atoms with Crippen molar-refractivity contribution in [2.24, 2.45) is 0 Å². The Balaban J connectivity index is 2.98. The van der Waals surface area contributed by atoms with Crippen LogP contribution in [0.25, 0.3) is 0 Å². The molecule has 0 radical (unpaired) electrons. The fourth-order valence-electron chi connectivity index (χ4n) is 2.24. The van der Waals surface area contributed by atoms with Gasteiger partial charge >= 0.3 is 6.18 Å². The average Bonchev–Trinajstić information content (AvgIpc) is 2.46. The standard InChI is InChI=1S/C15H19BrF3NO/c1-3-13(4-2)20(10-9-16)14(21)11-5-7-12(8-6-11)15(17,18)19/h5-8,13H,3-4,9-10H2,1-2H3. The molecular weight excluding hydrogens is 347 g/mol. The first-order chi connectivity index (χ1) is 9.85. The first-order valence-electron chi connectivity index (χ1n) is 6.89. The molecule has 0 atom stereocenters. The maximum absolute atomic E-state index is 12.5. The summed E-state index contributed by atoms with van der Waals surface area (Å²) in [6.45, 7) is 4.52. The van der Waals surface area contributed by atoms with Crippen molar-refractivity contribution >= 4 is 21.8 Å². The van der Waals surface area contributed by atoms with E-state index in [1.807, 2.05) is 13.8 Å². The summed E-state index contributed by atoms with van der Waals surface area (Å²) in [6.07, 6.45) is -2.75. The smallest absolute Gasteiger partial charge is 0.335 e. The van der Waals surface area contributed by atoms with Crippen LogP contribution in [-0.4, -0.2) is 28.7 Å². The molecule has 0 spiro atoms. The molecule has 0 aliphatic heterocycles. The Labute approximate surface area is 131 Å². The minimum Gasteiger partial charge on any atom is -0.335 e. The normalized spacial score (nSPS) is 11.8. The topological polar surface area (TPSA) is 20.3 Å². The van der Waals surface area contributed by atoms with Gasteiger partial charge in [0.25, 0.3) is 5.91 Å². The second-order valence-corrected chi connectivity index (χ2v) is 5.53. The van der Waals surface area contributed by atoms with Crippen LogP contribution in [0, 0.1) is 0 Å². The van der Waals surface area contributed by atoms with E-state index in [0.717, 1.165) is 25.0 Å². The fraction of sp³-hybridized carbons (Fsp3) is 0.533. The number of rotatable bonds is 6. The largest absolute Gasteiger partial charge is 0.416 e. The first-order valence-corrected chi connectivity index (χ1v) is 8.01. The zero-order valence-electron chi connectivity index (χ0n) is 12.1. The molecule has 21 heavy (non-hydrogen) atoms. The molecule has 0 saturated carbocycles. The fourth-order valence-corrected chi connectivity index (χ4v) is 2.62. The zero-order chi connectivity index (χ0) is 16.0. The third-order valence-electron chi connectivity index (χ3n) is 3.43. The van der Waals surface area contributed by atoms with Crippen molar-refractivity contribution in [3.63, 3.8) is 0 Å². The Hall–Kier alpha value is -1.04. The molecule has 0 unspecified atom stereocenters. The zero-order valence-corrected chi connectivity index (χ0v) is 13.7. The van der Waals surface area contributed by atoms with Crippen molar-refractivity contribution in [2.45, 2.75) is 38.9 Å². The molecule has 0 bridgehead atoms. The predicted octanol–water partition coefficient (Wildman–Crippen LogP) is 4.73. The molecule has 0 N–H and O–H groups in total. The lowest BCUT2D eigenvalue weighted by molar-refractivity contribution is -0.137. The van der Waals surface area contributed by atoms with Crippen LogP contribution in [-0.2, 0) is 6.18 Å². The van der Waals surface area contributed by atoms with Gasteiger partial charge in [0.1, 0.15) is 0 Å². The lowest BCUT2D eigenvalue weighted by atomic mass is 10.1.